The van der Waals surface area contributed by atoms with Gasteiger partial charge in [0, 0.05) is 17.5 Å². The van der Waals surface area contributed by atoms with Crippen LogP contribution in [0.3, 0.4) is 0 Å². The van der Waals surface area contributed by atoms with Crippen molar-refractivity contribution in [3.05, 3.63) is 59.1 Å². The van der Waals surface area contributed by atoms with Crippen molar-refractivity contribution in [2.45, 2.75) is 25.0 Å². The van der Waals surface area contributed by atoms with Crippen molar-refractivity contribution in [1.29, 1.82) is 0 Å². The van der Waals surface area contributed by atoms with E-state index in [1.165, 1.54) is 0 Å². The summed E-state index contributed by atoms with van der Waals surface area (Å²) in [6, 6.07) is 13.7. The standard InChI is InChI=1S/C19H18ClNO6/c20-14-3-1-2-13(9-14)12-6-4-11(5-7-12)8-15(10-16(22)18(24)25)21-17(23)19(26)27/h1-7,9,15-16,22H,8,10H2,(H,21,23)(H,24,25)(H,26,27). The fourth-order valence-corrected chi connectivity index (χ4v) is 2.79. The van der Waals surface area contributed by atoms with E-state index in [9.17, 15) is 19.5 Å². The summed E-state index contributed by atoms with van der Waals surface area (Å²) in [7, 11) is 0. The molecular formula is C19H18ClNO6. The highest BCUT2D eigenvalue weighted by atomic mass is 35.5. The number of carboxylic acid groups (broad SMARTS) is 2. The van der Waals surface area contributed by atoms with Crippen LogP contribution in [0.1, 0.15) is 12.0 Å². The van der Waals surface area contributed by atoms with Crippen LogP contribution in [0.15, 0.2) is 48.5 Å². The third-order valence-electron chi connectivity index (χ3n) is 3.92. The molecule has 0 spiro atoms. The van der Waals surface area contributed by atoms with Crippen molar-refractivity contribution in [3.63, 3.8) is 0 Å². The topological polar surface area (TPSA) is 124 Å². The summed E-state index contributed by atoms with van der Waals surface area (Å²) in [5, 5.41) is 29.9. The maximum Gasteiger partial charge on any atom is 0.394 e. The van der Waals surface area contributed by atoms with Gasteiger partial charge in [-0.25, -0.2) is 9.59 Å². The number of carboxylic acids is 2. The first kappa shape index (κ1) is 20.4. The molecule has 1 amide bonds. The van der Waals surface area contributed by atoms with Gasteiger partial charge >= 0.3 is 17.8 Å². The van der Waals surface area contributed by atoms with Gasteiger partial charge < -0.3 is 20.6 Å². The molecule has 0 heterocycles. The molecule has 2 rings (SSSR count). The fourth-order valence-electron chi connectivity index (χ4n) is 2.60. The Morgan fingerprint density at radius 3 is 2.22 bits per heavy atom. The van der Waals surface area contributed by atoms with Gasteiger partial charge in [0.2, 0.25) is 0 Å². The van der Waals surface area contributed by atoms with Crippen LogP contribution < -0.4 is 5.32 Å². The number of aliphatic carboxylic acids is 2. The average molecular weight is 392 g/mol. The van der Waals surface area contributed by atoms with Gasteiger partial charge in [0.25, 0.3) is 0 Å². The first-order valence-corrected chi connectivity index (χ1v) is 8.43. The van der Waals surface area contributed by atoms with Crippen LogP contribution in [0.25, 0.3) is 11.1 Å². The molecule has 0 aliphatic rings. The van der Waals surface area contributed by atoms with Gasteiger partial charge in [-0.1, -0.05) is 48.0 Å². The van der Waals surface area contributed by atoms with Crippen molar-refractivity contribution >= 4 is 29.4 Å². The zero-order chi connectivity index (χ0) is 20.0. The van der Waals surface area contributed by atoms with Crippen molar-refractivity contribution in [1.82, 2.24) is 5.32 Å². The highest BCUT2D eigenvalue weighted by Crippen LogP contribution is 2.23. The first-order valence-electron chi connectivity index (χ1n) is 8.06. The molecule has 7 nitrogen and oxygen atoms in total. The number of nitrogens with one attached hydrogen (secondary N) is 1. The Labute approximate surface area is 160 Å². The molecule has 27 heavy (non-hydrogen) atoms. The molecular weight excluding hydrogens is 374 g/mol. The molecule has 2 aromatic carbocycles. The van der Waals surface area contributed by atoms with Crippen LogP contribution in [0.4, 0.5) is 0 Å². The molecule has 0 saturated carbocycles. The van der Waals surface area contributed by atoms with E-state index in [1.54, 1.807) is 18.2 Å². The van der Waals surface area contributed by atoms with Gasteiger partial charge in [-0.05, 0) is 35.2 Å². The lowest BCUT2D eigenvalue weighted by molar-refractivity contribution is -0.151. The molecule has 2 aromatic rings. The normalized spacial score (nSPS) is 12.8. The minimum absolute atomic E-state index is 0.166. The molecule has 4 N–H and O–H groups in total. The Morgan fingerprint density at radius 2 is 1.67 bits per heavy atom. The number of benzene rings is 2. The number of hydrogen-bond acceptors (Lipinski definition) is 4. The average Bonchev–Trinajstić information content (AvgIpc) is 2.62. The summed E-state index contributed by atoms with van der Waals surface area (Å²) in [5.74, 6) is -4.38. The molecule has 2 unspecified atom stereocenters. The largest absolute Gasteiger partial charge is 0.479 e. The minimum Gasteiger partial charge on any atom is -0.479 e. The highest BCUT2D eigenvalue weighted by molar-refractivity contribution is 6.31. The van der Waals surface area contributed by atoms with E-state index >= 15 is 0 Å². The Kier molecular flexibility index (Phi) is 6.92. The van der Waals surface area contributed by atoms with Crippen LogP contribution in [-0.2, 0) is 20.8 Å². The molecule has 0 saturated heterocycles. The predicted octanol–water partition coefficient (Wildman–Crippen LogP) is 1.95. The summed E-state index contributed by atoms with van der Waals surface area (Å²) < 4.78 is 0. The van der Waals surface area contributed by atoms with Gasteiger partial charge in [-0.2, -0.15) is 0 Å². The van der Waals surface area contributed by atoms with E-state index in [0.29, 0.717) is 5.02 Å². The number of halogens is 1. The van der Waals surface area contributed by atoms with Gasteiger partial charge in [0.15, 0.2) is 6.10 Å². The summed E-state index contributed by atoms with van der Waals surface area (Å²) in [4.78, 5) is 33.0. The molecule has 142 valence electrons. The molecule has 0 radical (unpaired) electrons. The van der Waals surface area contributed by atoms with E-state index < -0.39 is 30.0 Å². The van der Waals surface area contributed by atoms with E-state index in [4.69, 9.17) is 21.8 Å². The van der Waals surface area contributed by atoms with Gasteiger partial charge in [-0.15, -0.1) is 0 Å². The second kappa shape index (κ2) is 9.16. The zero-order valence-corrected chi connectivity index (χ0v) is 14.9. The molecule has 0 aromatic heterocycles. The second-order valence-corrected chi connectivity index (χ2v) is 6.41. The maximum atomic E-state index is 11.4. The number of amides is 1. The third kappa shape index (κ3) is 6.09. The van der Waals surface area contributed by atoms with E-state index in [2.05, 4.69) is 5.32 Å². The minimum atomic E-state index is -1.71. The lowest BCUT2D eigenvalue weighted by Gasteiger charge is -2.19. The van der Waals surface area contributed by atoms with Crippen molar-refractivity contribution in [2.75, 3.05) is 0 Å². The van der Waals surface area contributed by atoms with Crippen LogP contribution in [-0.4, -0.2) is 45.3 Å². The monoisotopic (exact) mass is 391 g/mol. The number of carbonyl (C=O) groups excluding carboxylic acids is 1. The lowest BCUT2D eigenvalue weighted by atomic mass is 9.98. The predicted molar refractivity (Wildman–Crippen MR) is 98.4 cm³/mol. The van der Waals surface area contributed by atoms with Gasteiger partial charge in [-0.3, -0.25) is 4.79 Å². The summed E-state index contributed by atoms with van der Waals surface area (Å²) >= 11 is 5.98. The van der Waals surface area contributed by atoms with E-state index in [0.717, 1.165) is 16.7 Å². The number of aliphatic hydroxyl groups is 1. The van der Waals surface area contributed by atoms with Crippen LogP contribution in [0.5, 0.6) is 0 Å². The third-order valence-corrected chi connectivity index (χ3v) is 4.15. The fraction of sp³-hybridized carbons (Fsp3) is 0.211. The van der Waals surface area contributed by atoms with Crippen molar-refractivity contribution in [2.24, 2.45) is 0 Å². The van der Waals surface area contributed by atoms with Crippen molar-refractivity contribution in [3.8, 4) is 11.1 Å². The van der Waals surface area contributed by atoms with Gasteiger partial charge in [0.05, 0.1) is 0 Å². The number of rotatable bonds is 7. The molecule has 2 atom stereocenters. The maximum absolute atomic E-state index is 11.4. The van der Waals surface area contributed by atoms with E-state index in [1.807, 2.05) is 30.3 Å². The van der Waals surface area contributed by atoms with Crippen LogP contribution in [0.2, 0.25) is 5.02 Å². The highest BCUT2D eigenvalue weighted by Gasteiger charge is 2.24. The Balaban J connectivity index is 2.14. The molecule has 0 aliphatic carbocycles. The SMILES string of the molecule is O=C(O)C(=O)NC(Cc1ccc(-c2cccc(Cl)c2)cc1)CC(O)C(=O)O. The van der Waals surface area contributed by atoms with Crippen LogP contribution >= 0.6 is 11.6 Å². The number of carbonyl (C=O) groups is 3. The summed E-state index contributed by atoms with van der Waals surface area (Å²) in [5.41, 5.74) is 2.58. The van der Waals surface area contributed by atoms with Crippen LogP contribution in [0, 0.1) is 0 Å². The zero-order valence-electron chi connectivity index (χ0n) is 14.1. The Bertz CT molecular complexity index is 836. The molecule has 0 bridgehead atoms. The Morgan fingerprint density at radius 1 is 1.00 bits per heavy atom. The number of aliphatic hydroxyl groups excluding tert-OH is 1. The smallest absolute Gasteiger partial charge is 0.394 e. The molecule has 0 fully saturated rings. The summed E-state index contributed by atoms with van der Waals surface area (Å²) in [6.45, 7) is 0. The quantitative estimate of drug-likeness (QED) is 0.535. The van der Waals surface area contributed by atoms with E-state index in [-0.39, 0.29) is 12.8 Å². The summed E-state index contributed by atoms with van der Waals surface area (Å²) in [6.07, 6.45) is -1.86. The van der Waals surface area contributed by atoms with Gasteiger partial charge in [0.1, 0.15) is 0 Å². The lowest BCUT2D eigenvalue weighted by Crippen LogP contribution is -2.43. The number of hydrogen-bond donors (Lipinski definition) is 4. The second-order valence-electron chi connectivity index (χ2n) is 5.98. The molecule has 8 heteroatoms. The first-order chi connectivity index (χ1) is 12.8. The van der Waals surface area contributed by atoms with Crippen molar-refractivity contribution < 1.29 is 29.7 Å². The Hall–Kier alpha value is -2.90. The molecule has 0 aliphatic heterocycles.